The Balaban J connectivity index is 0.00000144. The van der Waals surface area contributed by atoms with Crippen LogP contribution in [0.5, 0.6) is 0 Å². The van der Waals surface area contributed by atoms with Crippen LogP contribution in [0.4, 0.5) is 5.82 Å². The van der Waals surface area contributed by atoms with E-state index in [9.17, 15) is 9.90 Å². The lowest BCUT2D eigenvalue weighted by Crippen LogP contribution is -2.27. The van der Waals surface area contributed by atoms with E-state index < -0.39 is 24.1 Å². The monoisotopic (exact) mass is 263 g/mol. The third kappa shape index (κ3) is 2.75. The molecular weight excluding hydrogens is 250 g/mol. The van der Waals surface area contributed by atoms with Crippen LogP contribution in [0.3, 0.4) is 0 Å². The van der Waals surface area contributed by atoms with Gasteiger partial charge in [0.2, 0.25) is 0 Å². The molecule has 1 aromatic heterocycles. The first kappa shape index (κ1) is 13.9. The van der Waals surface area contributed by atoms with Crippen molar-refractivity contribution in [3.05, 3.63) is 22.7 Å². The molecule has 0 amide bonds. The zero-order chi connectivity index (χ0) is 11.7. The Hall–Kier alpha value is -1.15. The summed E-state index contributed by atoms with van der Waals surface area (Å²) < 4.78 is 6.56. The Kier molecular flexibility index (Phi) is 4.47. The van der Waals surface area contributed by atoms with Gasteiger partial charge < -0.3 is 20.7 Å². The van der Waals surface area contributed by atoms with Crippen LogP contribution in [0.15, 0.2) is 17.1 Å². The summed E-state index contributed by atoms with van der Waals surface area (Å²) in [5.74, 6) is 0.138. The number of nitrogens with two attached hydrogens (primary N) is 1. The molecule has 0 spiro atoms. The molecule has 1 aliphatic heterocycles. The minimum atomic E-state index is -0.778. The van der Waals surface area contributed by atoms with E-state index in [0.717, 1.165) is 0 Å². The van der Waals surface area contributed by atoms with Crippen LogP contribution in [0.1, 0.15) is 12.6 Å². The molecule has 0 radical (unpaired) electrons. The van der Waals surface area contributed by atoms with E-state index in [1.165, 1.54) is 16.8 Å². The van der Waals surface area contributed by atoms with Gasteiger partial charge >= 0.3 is 5.69 Å². The van der Waals surface area contributed by atoms with Crippen LogP contribution in [-0.2, 0) is 4.74 Å². The zero-order valence-electron chi connectivity index (χ0n) is 8.89. The number of aliphatic hydroxyl groups is 2. The lowest BCUT2D eigenvalue weighted by atomic mass is 10.2. The van der Waals surface area contributed by atoms with E-state index in [0.29, 0.717) is 0 Å². The summed E-state index contributed by atoms with van der Waals surface area (Å²) in [6.45, 7) is -0.283. The van der Waals surface area contributed by atoms with Gasteiger partial charge in [0.1, 0.15) is 18.1 Å². The highest BCUT2D eigenvalue weighted by Gasteiger charge is 2.34. The highest BCUT2D eigenvalue weighted by Crippen LogP contribution is 2.27. The number of halogens is 1. The first-order chi connectivity index (χ1) is 7.61. The average molecular weight is 264 g/mol. The van der Waals surface area contributed by atoms with Crippen LogP contribution < -0.4 is 11.4 Å². The minimum absolute atomic E-state index is 0. The lowest BCUT2D eigenvalue weighted by molar-refractivity contribution is -0.0458. The minimum Gasteiger partial charge on any atom is -0.394 e. The number of nitrogen functional groups attached to an aromatic ring is 1. The molecule has 8 heteroatoms. The Bertz CT molecular complexity index is 438. The van der Waals surface area contributed by atoms with E-state index in [-0.39, 0.29) is 31.3 Å². The van der Waals surface area contributed by atoms with Crippen LogP contribution in [0, 0.1) is 0 Å². The molecular formula is C9H14ClN3O4. The van der Waals surface area contributed by atoms with Crippen LogP contribution in [0.2, 0.25) is 0 Å². The van der Waals surface area contributed by atoms with Gasteiger partial charge in [0.25, 0.3) is 0 Å². The third-order valence-electron chi connectivity index (χ3n) is 2.55. The molecule has 0 aromatic carbocycles. The number of anilines is 1. The summed E-state index contributed by atoms with van der Waals surface area (Å²) in [6, 6.07) is 1.48. The number of hydrogen-bond acceptors (Lipinski definition) is 6. The highest BCUT2D eigenvalue weighted by atomic mass is 35.5. The Labute approximate surface area is 103 Å². The van der Waals surface area contributed by atoms with Gasteiger partial charge in [-0.25, -0.2) is 4.79 Å². The van der Waals surface area contributed by atoms with Crippen LogP contribution in [0.25, 0.3) is 0 Å². The van der Waals surface area contributed by atoms with Crippen molar-refractivity contribution in [1.29, 1.82) is 0 Å². The smallest absolute Gasteiger partial charge is 0.351 e. The van der Waals surface area contributed by atoms with Gasteiger partial charge in [-0.1, -0.05) is 0 Å². The van der Waals surface area contributed by atoms with E-state index >= 15 is 0 Å². The second kappa shape index (κ2) is 5.46. The van der Waals surface area contributed by atoms with Gasteiger partial charge in [-0.2, -0.15) is 4.98 Å². The molecule has 17 heavy (non-hydrogen) atoms. The Morgan fingerprint density at radius 3 is 2.88 bits per heavy atom. The highest BCUT2D eigenvalue weighted by molar-refractivity contribution is 5.85. The first-order valence-electron chi connectivity index (χ1n) is 4.91. The predicted octanol–water partition coefficient (Wildman–Crippen LogP) is -1.11. The quantitative estimate of drug-likeness (QED) is 0.624. The average Bonchev–Trinajstić information content (AvgIpc) is 2.59. The van der Waals surface area contributed by atoms with Crippen LogP contribution in [-0.4, -0.2) is 38.6 Å². The molecule has 4 N–H and O–H groups in total. The summed E-state index contributed by atoms with van der Waals surface area (Å²) in [7, 11) is 0. The van der Waals surface area contributed by atoms with Crippen molar-refractivity contribution < 1.29 is 14.9 Å². The van der Waals surface area contributed by atoms with Crippen molar-refractivity contribution in [3.8, 4) is 0 Å². The van der Waals surface area contributed by atoms with Crippen molar-refractivity contribution >= 4 is 18.2 Å². The molecule has 1 fully saturated rings. The van der Waals surface area contributed by atoms with E-state index in [1.54, 1.807) is 0 Å². The molecule has 0 bridgehead atoms. The van der Waals surface area contributed by atoms with Crippen molar-refractivity contribution in [2.75, 3.05) is 12.3 Å². The van der Waals surface area contributed by atoms with Gasteiger partial charge in [0.05, 0.1) is 12.7 Å². The van der Waals surface area contributed by atoms with Gasteiger partial charge in [0.15, 0.2) is 0 Å². The molecule has 0 unspecified atom stereocenters. The summed E-state index contributed by atoms with van der Waals surface area (Å²) in [5.41, 5.74) is 4.82. The Morgan fingerprint density at radius 1 is 1.65 bits per heavy atom. The molecule has 0 saturated carbocycles. The van der Waals surface area contributed by atoms with E-state index in [4.69, 9.17) is 15.6 Å². The summed E-state index contributed by atoms with van der Waals surface area (Å²) in [4.78, 5) is 15.0. The van der Waals surface area contributed by atoms with E-state index in [2.05, 4.69) is 4.98 Å². The fourth-order valence-corrected chi connectivity index (χ4v) is 1.70. The number of aliphatic hydroxyl groups excluding tert-OH is 2. The van der Waals surface area contributed by atoms with E-state index in [1.807, 2.05) is 0 Å². The fourth-order valence-electron chi connectivity index (χ4n) is 1.70. The third-order valence-corrected chi connectivity index (χ3v) is 2.55. The van der Waals surface area contributed by atoms with Crippen molar-refractivity contribution in [3.63, 3.8) is 0 Å². The largest absolute Gasteiger partial charge is 0.394 e. The van der Waals surface area contributed by atoms with Gasteiger partial charge in [-0.05, 0) is 6.07 Å². The molecule has 1 aromatic rings. The van der Waals surface area contributed by atoms with Gasteiger partial charge in [-0.15, -0.1) is 12.4 Å². The topological polar surface area (TPSA) is 111 Å². The van der Waals surface area contributed by atoms with Crippen molar-refractivity contribution in [2.45, 2.75) is 24.9 Å². The Morgan fingerprint density at radius 2 is 2.35 bits per heavy atom. The maximum Gasteiger partial charge on any atom is 0.351 e. The lowest BCUT2D eigenvalue weighted by Gasteiger charge is -2.13. The summed E-state index contributed by atoms with van der Waals surface area (Å²) in [6.07, 6.45) is -0.333. The molecule has 3 atom stereocenters. The molecule has 1 aliphatic rings. The van der Waals surface area contributed by atoms with Gasteiger partial charge in [0, 0.05) is 12.6 Å². The summed E-state index contributed by atoms with van der Waals surface area (Å²) in [5, 5.41) is 18.4. The molecule has 96 valence electrons. The molecule has 1 saturated heterocycles. The second-order valence-electron chi connectivity index (χ2n) is 3.66. The van der Waals surface area contributed by atoms with Crippen molar-refractivity contribution in [2.24, 2.45) is 0 Å². The van der Waals surface area contributed by atoms with Crippen LogP contribution >= 0.6 is 12.4 Å². The number of rotatable bonds is 2. The number of aromatic nitrogens is 2. The summed E-state index contributed by atoms with van der Waals surface area (Å²) >= 11 is 0. The zero-order valence-corrected chi connectivity index (χ0v) is 9.71. The maximum absolute atomic E-state index is 11.5. The normalized spacial score (nSPS) is 27.8. The van der Waals surface area contributed by atoms with Gasteiger partial charge in [-0.3, -0.25) is 4.57 Å². The number of ether oxygens (including phenoxy) is 1. The second-order valence-corrected chi connectivity index (χ2v) is 3.66. The number of hydrogen-bond donors (Lipinski definition) is 3. The molecule has 7 nitrogen and oxygen atoms in total. The molecule has 0 aliphatic carbocycles. The predicted molar refractivity (Wildman–Crippen MR) is 61.8 cm³/mol. The maximum atomic E-state index is 11.5. The SMILES string of the molecule is Cl.Nc1ccn([C@H]2C[C@@H](O)[C@@H](CO)O2)c(=O)n1. The standard InChI is InChI=1S/C9H13N3O4.ClH/c10-7-1-2-12(9(15)11-7)8-3-5(14)6(4-13)16-8;/h1-2,5-6,8,13-14H,3-4H2,(H2,10,11,15);1H/t5-,6-,8-;/m1./s1. The number of nitrogens with zero attached hydrogens (tertiary/aromatic N) is 2. The first-order valence-corrected chi connectivity index (χ1v) is 4.91. The molecule has 2 heterocycles. The fraction of sp³-hybridized carbons (Fsp3) is 0.556. The molecule has 2 rings (SSSR count). The van der Waals surface area contributed by atoms with Crippen molar-refractivity contribution in [1.82, 2.24) is 9.55 Å².